The minimum atomic E-state index is 0.190. The van der Waals surface area contributed by atoms with Crippen molar-refractivity contribution in [3.8, 4) is 22.5 Å². The molecule has 0 bridgehead atoms. The molecule has 28 heavy (non-hydrogen) atoms. The SMILES string of the molecule is c1ccc(-c2nn[se]c2CCCCCCc2[se]nnc2-c2ccccc2)cc1. The maximum absolute atomic E-state index is 4.40. The summed E-state index contributed by atoms with van der Waals surface area (Å²) in [7, 11) is 0. The van der Waals surface area contributed by atoms with E-state index in [-0.39, 0.29) is 29.5 Å². The van der Waals surface area contributed by atoms with E-state index in [0.29, 0.717) is 0 Å². The average Bonchev–Trinajstić information content (AvgIpc) is 3.41. The van der Waals surface area contributed by atoms with Gasteiger partial charge in [-0.25, -0.2) is 0 Å². The molecule has 0 N–H and O–H groups in total. The molecule has 2 aromatic heterocycles. The van der Waals surface area contributed by atoms with Crippen LogP contribution in [0.4, 0.5) is 0 Å². The van der Waals surface area contributed by atoms with Gasteiger partial charge in [-0.15, -0.1) is 0 Å². The molecule has 0 fully saturated rings. The number of hydrogen-bond acceptors (Lipinski definition) is 4. The first-order valence-electron chi connectivity index (χ1n) is 9.65. The van der Waals surface area contributed by atoms with E-state index in [1.54, 1.807) is 0 Å². The molecule has 4 rings (SSSR count). The van der Waals surface area contributed by atoms with Crippen LogP contribution in [-0.2, 0) is 12.8 Å². The maximum atomic E-state index is 4.40. The van der Waals surface area contributed by atoms with Crippen molar-refractivity contribution in [2.45, 2.75) is 38.5 Å². The van der Waals surface area contributed by atoms with E-state index < -0.39 is 0 Å². The van der Waals surface area contributed by atoms with Gasteiger partial charge in [0.25, 0.3) is 0 Å². The van der Waals surface area contributed by atoms with Crippen LogP contribution in [0.15, 0.2) is 60.7 Å². The van der Waals surface area contributed by atoms with Crippen LogP contribution in [0.25, 0.3) is 22.5 Å². The number of benzene rings is 2. The van der Waals surface area contributed by atoms with Crippen molar-refractivity contribution in [1.82, 2.24) is 18.4 Å². The Bertz CT molecular complexity index is 898. The van der Waals surface area contributed by atoms with Crippen molar-refractivity contribution < 1.29 is 0 Å². The Balaban J connectivity index is 1.23. The van der Waals surface area contributed by atoms with Gasteiger partial charge in [0.05, 0.1) is 0 Å². The van der Waals surface area contributed by atoms with Crippen molar-refractivity contribution >= 4 is 29.5 Å². The van der Waals surface area contributed by atoms with Gasteiger partial charge in [-0.1, -0.05) is 0 Å². The quantitative estimate of drug-likeness (QED) is 0.257. The Morgan fingerprint density at radius 2 is 0.964 bits per heavy atom. The van der Waals surface area contributed by atoms with Crippen molar-refractivity contribution in [3.05, 3.63) is 69.5 Å². The molecule has 0 aliphatic heterocycles. The number of nitrogens with zero attached hydrogens (tertiary/aromatic N) is 4. The normalized spacial score (nSPS) is 11.0. The van der Waals surface area contributed by atoms with Gasteiger partial charge in [0.15, 0.2) is 0 Å². The molecule has 0 aliphatic carbocycles. The molecule has 0 amide bonds. The predicted molar refractivity (Wildman–Crippen MR) is 115 cm³/mol. The van der Waals surface area contributed by atoms with Crippen LogP contribution in [0.5, 0.6) is 0 Å². The summed E-state index contributed by atoms with van der Waals surface area (Å²) in [5.41, 5.74) is 4.65. The molecule has 4 nitrogen and oxygen atoms in total. The summed E-state index contributed by atoms with van der Waals surface area (Å²) in [6.07, 6.45) is 7.23. The first-order chi connectivity index (χ1) is 13.9. The van der Waals surface area contributed by atoms with Gasteiger partial charge in [0.2, 0.25) is 0 Å². The molecule has 4 aromatic rings. The Morgan fingerprint density at radius 1 is 0.536 bits per heavy atom. The minimum absolute atomic E-state index is 0.190. The third-order valence-corrected chi connectivity index (χ3v) is 8.04. The zero-order chi connectivity index (χ0) is 19.0. The summed E-state index contributed by atoms with van der Waals surface area (Å²) in [6, 6.07) is 20.9. The summed E-state index contributed by atoms with van der Waals surface area (Å²) in [4.78, 5) is 0. The zero-order valence-corrected chi connectivity index (χ0v) is 19.0. The fraction of sp³-hybridized carbons (Fsp3) is 0.273. The van der Waals surface area contributed by atoms with Crippen LogP contribution in [0.1, 0.15) is 34.6 Å². The summed E-state index contributed by atoms with van der Waals surface area (Å²) < 4.78 is 11.5. The molecule has 2 heterocycles. The molecule has 2 aromatic carbocycles. The van der Waals surface area contributed by atoms with E-state index >= 15 is 0 Å². The second-order valence-corrected chi connectivity index (χ2v) is 10.3. The first-order valence-corrected chi connectivity index (χ1v) is 12.9. The summed E-state index contributed by atoms with van der Waals surface area (Å²) >= 11 is 0.381. The first kappa shape index (κ1) is 19.5. The van der Waals surface area contributed by atoms with E-state index in [2.05, 4.69) is 66.9 Å². The fourth-order valence-corrected chi connectivity index (χ4v) is 6.25. The number of rotatable bonds is 9. The molecule has 0 saturated carbocycles. The van der Waals surface area contributed by atoms with Crippen LogP contribution in [0.3, 0.4) is 0 Å². The molecule has 0 aliphatic rings. The third-order valence-electron chi connectivity index (χ3n) is 4.76. The fourth-order valence-electron chi connectivity index (χ4n) is 3.30. The standard InChI is InChI=1S/C22H22N4Se2/c1(9-15-19-21(23-25-27-19)17-11-5-3-6-12-17)2-10-16-20-22(24-26-28-20)18-13-7-4-8-14-18/h3-8,11-14H,1-2,9-10,15-16H2. The van der Waals surface area contributed by atoms with Crippen molar-refractivity contribution in [3.63, 3.8) is 0 Å². The number of unbranched alkanes of at least 4 members (excludes halogenated alkanes) is 3. The second kappa shape index (κ2) is 10.1. The van der Waals surface area contributed by atoms with Crippen molar-refractivity contribution in [2.24, 2.45) is 0 Å². The van der Waals surface area contributed by atoms with Gasteiger partial charge in [-0.2, -0.15) is 0 Å². The number of hydrogen-bond donors (Lipinski definition) is 0. The van der Waals surface area contributed by atoms with E-state index in [9.17, 15) is 0 Å². The van der Waals surface area contributed by atoms with Crippen molar-refractivity contribution in [1.29, 1.82) is 0 Å². The predicted octanol–water partition coefficient (Wildman–Crippen LogP) is 4.06. The topological polar surface area (TPSA) is 51.6 Å². The molecule has 6 heteroatoms. The van der Waals surface area contributed by atoms with Crippen LogP contribution >= 0.6 is 0 Å². The van der Waals surface area contributed by atoms with Gasteiger partial charge in [-0.05, 0) is 0 Å². The van der Waals surface area contributed by atoms with E-state index in [1.807, 2.05) is 12.1 Å². The number of aryl methyl sites for hydroxylation is 2. The molecule has 0 radical (unpaired) electrons. The summed E-state index contributed by atoms with van der Waals surface area (Å²) in [6.45, 7) is 0. The number of aromatic nitrogens is 4. The molecular weight excluding hydrogens is 478 g/mol. The van der Waals surface area contributed by atoms with Gasteiger partial charge >= 0.3 is 178 Å². The Morgan fingerprint density at radius 3 is 1.39 bits per heavy atom. The molecular formula is C22H22N4Se2. The molecule has 0 unspecified atom stereocenters. The van der Waals surface area contributed by atoms with Crippen LogP contribution in [-0.4, -0.2) is 47.9 Å². The Labute approximate surface area is 178 Å². The van der Waals surface area contributed by atoms with Gasteiger partial charge < -0.3 is 0 Å². The zero-order valence-electron chi connectivity index (χ0n) is 15.6. The van der Waals surface area contributed by atoms with Crippen LogP contribution in [0, 0.1) is 0 Å². The Kier molecular flexibility index (Phi) is 7.01. The molecule has 0 spiro atoms. The van der Waals surface area contributed by atoms with Gasteiger partial charge in [0.1, 0.15) is 0 Å². The van der Waals surface area contributed by atoms with E-state index in [1.165, 1.54) is 45.7 Å². The van der Waals surface area contributed by atoms with Crippen LogP contribution in [0.2, 0.25) is 0 Å². The Hall–Kier alpha value is -1.84. The summed E-state index contributed by atoms with van der Waals surface area (Å²) in [5, 5.41) is 8.80. The summed E-state index contributed by atoms with van der Waals surface area (Å²) in [5.74, 6) is 0. The third kappa shape index (κ3) is 4.95. The monoisotopic (exact) mass is 502 g/mol. The second-order valence-electron chi connectivity index (χ2n) is 6.74. The van der Waals surface area contributed by atoms with E-state index in [0.717, 1.165) is 24.2 Å². The molecule has 0 atom stereocenters. The van der Waals surface area contributed by atoms with Crippen LogP contribution < -0.4 is 0 Å². The average molecular weight is 500 g/mol. The molecule has 142 valence electrons. The van der Waals surface area contributed by atoms with Crippen molar-refractivity contribution in [2.75, 3.05) is 0 Å². The molecule has 0 saturated heterocycles. The van der Waals surface area contributed by atoms with Gasteiger partial charge in [0, 0.05) is 0 Å². The van der Waals surface area contributed by atoms with Gasteiger partial charge in [-0.3, -0.25) is 0 Å². The van der Waals surface area contributed by atoms with E-state index in [4.69, 9.17) is 0 Å².